The number of aliphatic carboxylic acids is 1. The molecule has 2 N–H and O–H groups in total. The molecule has 0 aromatic carbocycles. The number of likely N-dealkylation sites (tertiary alicyclic amines) is 1. The second kappa shape index (κ2) is 4.39. The highest BCUT2D eigenvalue weighted by atomic mass is 16.4. The Hall–Kier alpha value is -1.43. The van der Waals surface area contributed by atoms with E-state index in [-0.39, 0.29) is 25.3 Å². The Morgan fingerprint density at radius 3 is 2.67 bits per heavy atom. The van der Waals surface area contributed by atoms with E-state index in [1.165, 1.54) is 6.92 Å². The van der Waals surface area contributed by atoms with E-state index in [1.807, 2.05) is 0 Å². The van der Waals surface area contributed by atoms with E-state index in [0.29, 0.717) is 0 Å². The maximum Gasteiger partial charge on any atom is 0.326 e. The smallest absolute Gasteiger partial charge is 0.326 e. The van der Waals surface area contributed by atoms with Gasteiger partial charge >= 0.3 is 5.97 Å². The quantitative estimate of drug-likeness (QED) is 0.628. The molecule has 1 aliphatic rings. The van der Waals surface area contributed by atoms with Crippen LogP contribution >= 0.6 is 0 Å². The van der Waals surface area contributed by atoms with Gasteiger partial charge in [-0.15, -0.1) is 0 Å². The number of carboxylic acids is 1. The number of hydrogen-bond donors (Lipinski definition) is 2. The highest BCUT2D eigenvalue weighted by Gasteiger charge is 2.37. The summed E-state index contributed by atoms with van der Waals surface area (Å²) in [6.45, 7) is 0.964. The molecule has 1 saturated heterocycles. The highest BCUT2D eigenvalue weighted by molar-refractivity contribution is 5.93. The molecule has 0 aliphatic carbocycles. The van der Waals surface area contributed by atoms with Crippen LogP contribution < -0.4 is 0 Å². The lowest BCUT2D eigenvalue weighted by atomic mass is 10.2. The number of aliphatic hydroxyl groups is 1. The van der Waals surface area contributed by atoms with Crippen LogP contribution in [-0.4, -0.2) is 51.5 Å². The molecule has 15 heavy (non-hydrogen) atoms. The van der Waals surface area contributed by atoms with Gasteiger partial charge in [-0.3, -0.25) is 9.59 Å². The molecule has 0 aromatic rings. The van der Waals surface area contributed by atoms with E-state index in [2.05, 4.69) is 0 Å². The molecule has 0 bridgehead atoms. The van der Waals surface area contributed by atoms with Crippen molar-refractivity contribution in [3.05, 3.63) is 0 Å². The summed E-state index contributed by atoms with van der Waals surface area (Å²) in [6.07, 6.45) is -0.807. The zero-order valence-electron chi connectivity index (χ0n) is 8.34. The molecule has 0 saturated carbocycles. The van der Waals surface area contributed by atoms with Gasteiger partial charge in [-0.25, -0.2) is 4.79 Å². The summed E-state index contributed by atoms with van der Waals surface area (Å²) in [6, 6.07) is -0.930. The number of aliphatic hydroxyl groups excluding tert-OH is 1. The van der Waals surface area contributed by atoms with Crippen LogP contribution in [0, 0.1) is 0 Å². The minimum atomic E-state index is -1.17. The number of hydrogen-bond acceptors (Lipinski definition) is 4. The molecule has 84 valence electrons. The topological polar surface area (TPSA) is 94.9 Å². The minimum absolute atomic E-state index is 0.143. The van der Waals surface area contributed by atoms with Crippen molar-refractivity contribution in [3.8, 4) is 0 Å². The average Bonchev–Trinajstić information content (AvgIpc) is 2.48. The van der Waals surface area contributed by atoms with Gasteiger partial charge < -0.3 is 15.1 Å². The number of rotatable bonds is 4. The van der Waals surface area contributed by atoms with Crippen molar-refractivity contribution in [2.45, 2.75) is 31.9 Å². The molecule has 1 heterocycles. The Kier molecular flexibility index (Phi) is 3.41. The van der Waals surface area contributed by atoms with Crippen LogP contribution in [0.3, 0.4) is 0 Å². The standard InChI is InChI=1S/C9H13NO5/c1-5(11)7(12)4-10-6(9(14)15)2-3-8(10)13/h5-6,11H,2-4H2,1H3,(H,14,15)/t5?,6-/m0/s1. The summed E-state index contributed by atoms with van der Waals surface area (Å²) in [5.74, 6) is -2.01. The maximum atomic E-state index is 11.3. The Labute approximate surface area is 86.5 Å². The van der Waals surface area contributed by atoms with Gasteiger partial charge in [-0.2, -0.15) is 0 Å². The molecule has 1 amide bonds. The predicted molar refractivity (Wildman–Crippen MR) is 49.1 cm³/mol. The lowest BCUT2D eigenvalue weighted by Crippen LogP contribution is -2.43. The largest absolute Gasteiger partial charge is 0.480 e. The fourth-order valence-electron chi connectivity index (χ4n) is 1.49. The van der Waals surface area contributed by atoms with Gasteiger partial charge in [0.05, 0.1) is 6.54 Å². The van der Waals surface area contributed by atoms with E-state index >= 15 is 0 Å². The average molecular weight is 215 g/mol. The second-order valence-corrected chi connectivity index (χ2v) is 3.56. The van der Waals surface area contributed by atoms with Crippen LogP contribution in [0.5, 0.6) is 0 Å². The molecular formula is C9H13NO5. The maximum absolute atomic E-state index is 11.3. The fourth-order valence-corrected chi connectivity index (χ4v) is 1.49. The molecule has 6 nitrogen and oxygen atoms in total. The summed E-state index contributed by atoms with van der Waals surface area (Å²) >= 11 is 0. The van der Waals surface area contributed by atoms with E-state index in [0.717, 1.165) is 4.90 Å². The van der Waals surface area contributed by atoms with Crippen molar-refractivity contribution in [2.75, 3.05) is 6.54 Å². The van der Waals surface area contributed by atoms with E-state index < -0.39 is 23.9 Å². The Balaban J connectivity index is 2.69. The number of carboxylic acid groups (broad SMARTS) is 1. The molecule has 2 atom stereocenters. The number of ketones is 1. The van der Waals surface area contributed by atoms with Crippen molar-refractivity contribution in [1.82, 2.24) is 4.90 Å². The third kappa shape index (κ3) is 2.53. The van der Waals surface area contributed by atoms with Crippen LogP contribution in [0.25, 0.3) is 0 Å². The van der Waals surface area contributed by atoms with E-state index in [9.17, 15) is 14.4 Å². The normalized spacial score (nSPS) is 22.9. The zero-order chi connectivity index (χ0) is 11.6. The van der Waals surface area contributed by atoms with Crippen LogP contribution in [-0.2, 0) is 14.4 Å². The number of carbonyl (C=O) groups excluding carboxylic acids is 2. The monoisotopic (exact) mass is 215 g/mol. The van der Waals surface area contributed by atoms with Crippen molar-refractivity contribution < 1.29 is 24.6 Å². The fraction of sp³-hybridized carbons (Fsp3) is 0.667. The highest BCUT2D eigenvalue weighted by Crippen LogP contribution is 2.18. The third-order valence-electron chi connectivity index (χ3n) is 2.41. The molecule has 0 aromatic heterocycles. The Bertz CT molecular complexity index is 299. The van der Waals surface area contributed by atoms with Gasteiger partial charge in [0.25, 0.3) is 0 Å². The molecule has 0 radical (unpaired) electrons. The van der Waals surface area contributed by atoms with E-state index in [4.69, 9.17) is 10.2 Å². The van der Waals surface area contributed by atoms with Crippen LogP contribution in [0.1, 0.15) is 19.8 Å². The lowest BCUT2D eigenvalue weighted by Gasteiger charge is -2.21. The number of Topliss-reactive ketones (excluding diaryl/α,β-unsaturated/α-hetero) is 1. The summed E-state index contributed by atoms with van der Waals surface area (Å²) in [4.78, 5) is 34.2. The van der Waals surface area contributed by atoms with Gasteiger partial charge in [0, 0.05) is 6.42 Å². The number of amides is 1. The van der Waals surface area contributed by atoms with Crippen LogP contribution in [0.2, 0.25) is 0 Å². The molecular weight excluding hydrogens is 202 g/mol. The minimum Gasteiger partial charge on any atom is -0.480 e. The van der Waals surface area contributed by atoms with Crippen molar-refractivity contribution in [2.24, 2.45) is 0 Å². The summed E-state index contributed by atoms with van der Waals surface area (Å²) in [5.41, 5.74) is 0. The second-order valence-electron chi connectivity index (χ2n) is 3.56. The molecule has 6 heteroatoms. The van der Waals surface area contributed by atoms with Gasteiger partial charge in [-0.05, 0) is 13.3 Å². The van der Waals surface area contributed by atoms with Crippen molar-refractivity contribution >= 4 is 17.7 Å². The van der Waals surface area contributed by atoms with Gasteiger partial charge in [0.2, 0.25) is 5.91 Å². The van der Waals surface area contributed by atoms with Gasteiger partial charge in [0.15, 0.2) is 5.78 Å². The first-order valence-electron chi connectivity index (χ1n) is 4.66. The van der Waals surface area contributed by atoms with Crippen LogP contribution in [0.15, 0.2) is 0 Å². The molecule has 1 aliphatic heterocycles. The predicted octanol–water partition coefficient (Wildman–Crippen LogP) is -0.988. The first kappa shape index (κ1) is 11.6. The van der Waals surface area contributed by atoms with Crippen molar-refractivity contribution in [1.29, 1.82) is 0 Å². The van der Waals surface area contributed by atoms with Gasteiger partial charge in [0.1, 0.15) is 12.1 Å². The zero-order valence-corrected chi connectivity index (χ0v) is 8.34. The Morgan fingerprint density at radius 2 is 2.20 bits per heavy atom. The van der Waals surface area contributed by atoms with E-state index in [1.54, 1.807) is 0 Å². The summed E-state index contributed by atoms with van der Waals surface area (Å²) in [7, 11) is 0. The Morgan fingerprint density at radius 1 is 1.60 bits per heavy atom. The molecule has 0 spiro atoms. The summed E-state index contributed by atoms with van der Waals surface area (Å²) in [5, 5.41) is 17.7. The number of nitrogens with zero attached hydrogens (tertiary/aromatic N) is 1. The summed E-state index contributed by atoms with van der Waals surface area (Å²) < 4.78 is 0. The SMILES string of the molecule is CC(O)C(=O)CN1C(=O)CC[C@H]1C(=O)O. The number of carbonyl (C=O) groups is 3. The van der Waals surface area contributed by atoms with Crippen LogP contribution in [0.4, 0.5) is 0 Å². The molecule has 1 rings (SSSR count). The lowest BCUT2D eigenvalue weighted by molar-refractivity contribution is -0.147. The third-order valence-corrected chi connectivity index (χ3v) is 2.41. The first-order valence-corrected chi connectivity index (χ1v) is 4.66. The molecule has 1 fully saturated rings. The first-order chi connectivity index (χ1) is 6.93. The molecule has 1 unspecified atom stereocenters. The van der Waals surface area contributed by atoms with Gasteiger partial charge in [-0.1, -0.05) is 0 Å². The van der Waals surface area contributed by atoms with Crippen molar-refractivity contribution in [3.63, 3.8) is 0 Å².